The topological polar surface area (TPSA) is 54.8 Å². The number of hydrogen-bond donors (Lipinski definition) is 1. The van der Waals surface area contributed by atoms with E-state index in [1.54, 1.807) is 0 Å². The number of nitrogens with zero attached hydrogens (tertiary/aromatic N) is 3. The summed E-state index contributed by atoms with van der Waals surface area (Å²) in [6, 6.07) is 82.9. The summed E-state index contributed by atoms with van der Waals surface area (Å²) in [7, 11) is 0. The molecule has 1 N–H and O–H groups in total. The molecule has 1 atom stereocenters. The third-order valence-electron chi connectivity index (χ3n) is 14.6. The SMILES string of the molecule is c1ccc(C2=NC(c3ccc4c5ccccc5c5ccccc5c4c3)NC(c3ccc(-n4c5ccccc5c5cc6ccccc6cc54)c(-c4cccc5oc6c7ccccc7ccc6c45)c3)=N2)cc1. The van der Waals surface area contributed by atoms with E-state index in [-0.39, 0.29) is 0 Å². The van der Waals surface area contributed by atoms with E-state index in [1.807, 2.05) is 6.07 Å². The molecule has 0 aliphatic carbocycles. The number of amidine groups is 2. The van der Waals surface area contributed by atoms with E-state index < -0.39 is 6.17 Å². The maximum absolute atomic E-state index is 6.84. The van der Waals surface area contributed by atoms with Crippen LogP contribution in [0.1, 0.15) is 22.9 Å². The van der Waals surface area contributed by atoms with Gasteiger partial charge in [-0.15, -0.1) is 0 Å². The Balaban J connectivity index is 0.974. The van der Waals surface area contributed by atoms with Crippen LogP contribution >= 0.6 is 0 Å². The van der Waals surface area contributed by atoms with Gasteiger partial charge < -0.3 is 14.3 Å². The molecule has 1 aliphatic rings. The lowest BCUT2D eigenvalue weighted by Gasteiger charge is -2.25. The number of benzene rings is 12. The molecule has 0 fully saturated rings. The first-order chi connectivity index (χ1) is 34.7. The lowest BCUT2D eigenvalue weighted by Crippen LogP contribution is -2.33. The molecular weight excluding hydrogens is 853 g/mol. The van der Waals surface area contributed by atoms with Gasteiger partial charge in [-0.2, -0.15) is 0 Å². The average molecular weight is 893 g/mol. The van der Waals surface area contributed by atoms with Gasteiger partial charge in [0.05, 0.1) is 16.7 Å². The fraction of sp³-hybridized carbons (Fsp3) is 0.0154. The molecule has 1 aliphatic heterocycles. The van der Waals surface area contributed by atoms with Gasteiger partial charge in [0, 0.05) is 43.6 Å². The number of nitrogens with one attached hydrogen (secondary N) is 1. The molecule has 3 heterocycles. The molecule has 70 heavy (non-hydrogen) atoms. The Labute approximate surface area is 401 Å². The Morgan fingerprint density at radius 3 is 1.83 bits per heavy atom. The Bertz CT molecular complexity index is 4540. The van der Waals surface area contributed by atoms with Gasteiger partial charge in [0.2, 0.25) is 0 Å². The minimum Gasteiger partial charge on any atom is -0.455 e. The molecule has 14 aromatic rings. The maximum Gasteiger partial charge on any atom is 0.159 e. The van der Waals surface area contributed by atoms with E-state index in [4.69, 9.17) is 14.4 Å². The van der Waals surface area contributed by atoms with Gasteiger partial charge in [0.15, 0.2) is 5.84 Å². The summed E-state index contributed by atoms with van der Waals surface area (Å²) in [5, 5.41) is 20.5. The summed E-state index contributed by atoms with van der Waals surface area (Å²) in [6.07, 6.45) is -0.416. The summed E-state index contributed by atoms with van der Waals surface area (Å²) in [4.78, 5) is 10.8. The molecule has 0 amide bonds. The Morgan fingerprint density at radius 1 is 0.400 bits per heavy atom. The minimum absolute atomic E-state index is 0.416. The van der Waals surface area contributed by atoms with Crippen molar-refractivity contribution in [1.82, 2.24) is 9.88 Å². The van der Waals surface area contributed by atoms with E-state index >= 15 is 0 Å². The van der Waals surface area contributed by atoms with Crippen LogP contribution in [-0.2, 0) is 0 Å². The van der Waals surface area contributed by atoms with E-state index in [1.165, 1.54) is 53.9 Å². The summed E-state index contributed by atoms with van der Waals surface area (Å²) in [6.45, 7) is 0. The molecule has 2 aromatic heterocycles. The minimum atomic E-state index is -0.416. The summed E-state index contributed by atoms with van der Waals surface area (Å²) in [5.41, 5.74) is 10.2. The van der Waals surface area contributed by atoms with Crippen molar-refractivity contribution in [3.8, 4) is 16.8 Å². The van der Waals surface area contributed by atoms with Crippen molar-refractivity contribution in [2.45, 2.75) is 6.17 Å². The van der Waals surface area contributed by atoms with Crippen molar-refractivity contribution in [2.75, 3.05) is 0 Å². The van der Waals surface area contributed by atoms with Crippen LogP contribution in [0.3, 0.4) is 0 Å². The number of furan rings is 1. The fourth-order valence-corrected chi connectivity index (χ4v) is 11.4. The standard InChI is InChI=1S/C65H40N4O/c1-2-16-40(17-3-1)63-66-64(43-30-32-50-48-23-9-8-21-46(48)47-22-10-11-24-49(47)54(50)36-43)68-65(67-63)44-31-34-58(69-57-27-13-12-25-51(57)55-35-41-18-4-5-19-42(41)38-59(55)69)56(37-44)52-26-14-28-60-61(52)53-33-29-39-15-6-7-20-45(39)62(53)70-60/h1-38,64H,(H,66,67,68). The zero-order valence-corrected chi connectivity index (χ0v) is 37.8. The smallest absolute Gasteiger partial charge is 0.159 e. The van der Waals surface area contributed by atoms with E-state index in [9.17, 15) is 0 Å². The Hall–Kier alpha value is -9.32. The number of aliphatic imine (C=N–C) groups is 2. The summed E-state index contributed by atoms with van der Waals surface area (Å²) in [5.74, 6) is 1.43. The van der Waals surface area contributed by atoms with Gasteiger partial charge in [-0.3, -0.25) is 0 Å². The number of para-hydroxylation sites is 1. The second-order valence-corrected chi connectivity index (χ2v) is 18.5. The Morgan fingerprint density at radius 2 is 1.04 bits per heavy atom. The molecule has 0 bridgehead atoms. The highest BCUT2D eigenvalue weighted by atomic mass is 16.3. The van der Waals surface area contributed by atoms with Crippen molar-refractivity contribution >= 4 is 109 Å². The molecule has 0 spiro atoms. The maximum atomic E-state index is 6.84. The van der Waals surface area contributed by atoms with Crippen LogP contribution < -0.4 is 5.32 Å². The summed E-state index contributed by atoms with van der Waals surface area (Å²) >= 11 is 0. The van der Waals surface area contributed by atoms with E-state index in [0.29, 0.717) is 5.84 Å². The van der Waals surface area contributed by atoms with Gasteiger partial charge >= 0.3 is 0 Å². The first-order valence-electron chi connectivity index (χ1n) is 23.9. The third kappa shape index (κ3) is 5.85. The number of fused-ring (bicyclic) bond motifs is 15. The van der Waals surface area contributed by atoms with Crippen molar-refractivity contribution in [2.24, 2.45) is 9.98 Å². The molecule has 326 valence electrons. The first kappa shape index (κ1) is 38.8. The molecule has 0 saturated heterocycles. The van der Waals surface area contributed by atoms with Crippen molar-refractivity contribution in [3.05, 3.63) is 247 Å². The lowest BCUT2D eigenvalue weighted by atomic mass is 9.92. The van der Waals surface area contributed by atoms with E-state index in [0.717, 1.165) is 83.1 Å². The van der Waals surface area contributed by atoms with Crippen LogP contribution in [0.4, 0.5) is 0 Å². The van der Waals surface area contributed by atoms with Gasteiger partial charge in [0.25, 0.3) is 0 Å². The predicted molar refractivity (Wildman–Crippen MR) is 293 cm³/mol. The average Bonchev–Trinajstić information content (AvgIpc) is 3.98. The monoisotopic (exact) mass is 892 g/mol. The highest BCUT2D eigenvalue weighted by molar-refractivity contribution is 6.26. The number of rotatable bonds is 5. The van der Waals surface area contributed by atoms with Crippen LogP contribution in [0.5, 0.6) is 0 Å². The molecule has 12 aromatic carbocycles. The number of aromatic nitrogens is 1. The van der Waals surface area contributed by atoms with Crippen molar-refractivity contribution in [1.29, 1.82) is 0 Å². The van der Waals surface area contributed by atoms with Crippen LogP contribution in [0.2, 0.25) is 0 Å². The normalized spacial score (nSPS) is 14.1. The van der Waals surface area contributed by atoms with Crippen LogP contribution in [-0.4, -0.2) is 16.2 Å². The molecule has 15 rings (SSSR count). The summed E-state index contributed by atoms with van der Waals surface area (Å²) < 4.78 is 9.29. The zero-order valence-electron chi connectivity index (χ0n) is 37.8. The number of hydrogen-bond acceptors (Lipinski definition) is 4. The van der Waals surface area contributed by atoms with Gasteiger partial charge in [-0.05, 0) is 114 Å². The fourth-order valence-electron chi connectivity index (χ4n) is 11.4. The largest absolute Gasteiger partial charge is 0.455 e. The van der Waals surface area contributed by atoms with Crippen LogP contribution in [0.15, 0.2) is 245 Å². The van der Waals surface area contributed by atoms with Crippen molar-refractivity contribution < 1.29 is 4.42 Å². The molecule has 0 radical (unpaired) electrons. The van der Waals surface area contributed by atoms with Crippen LogP contribution in [0, 0.1) is 0 Å². The predicted octanol–water partition coefficient (Wildman–Crippen LogP) is 16.6. The highest BCUT2D eigenvalue weighted by Gasteiger charge is 2.26. The third-order valence-corrected chi connectivity index (χ3v) is 14.6. The molecule has 5 heteroatoms. The second-order valence-electron chi connectivity index (χ2n) is 18.5. The second kappa shape index (κ2) is 15.1. The first-order valence-corrected chi connectivity index (χ1v) is 23.9. The zero-order chi connectivity index (χ0) is 45.9. The highest BCUT2D eigenvalue weighted by Crippen LogP contribution is 2.44. The van der Waals surface area contributed by atoms with Gasteiger partial charge in [0.1, 0.15) is 23.2 Å². The van der Waals surface area contributed by atoms with Gasteiger partial charge in [-0.25, -0.2) is 9.98 Å². The molecular formula is C65H40N4O. The molecule has 5 nitrogen and oxygen atoms in total. The lowest BCUT2D eigenvalue weighted by molar-refractivity contribution is 0.673. The molecule has 0 saturated carbocycles. The quantitative estimate of drug-likeness (QED) is 0.175. The van der Waals surface area contributed by atoms with Gasteiger partial charge in [-0.1, -0.05) is 176 Å². The molecule has 1 unspecified atom stereocenters. The van der Waals surface area contributed by atoms with Crippen molar-refractivity contribution in [3.63, 3.8) is 0 Å². The van der Waals surface area contributed by atoms with E-state index in [2.05, 4.69) is 234 Å². The Kier molecular flexibility index (Phi) is 8.36. The van der Waals surface area contributed by atoms with Crippen LogP contribution in [0.25, 0.3) is 114 Å².